The third kappa shape index (κ3) is 4.66. The van der Waals surface area contributed by atoms with E-state index in [1.165, 1.54) is 34.0 Å². The first-order valence-electron chi connectivity index (χ1n) is 11.3. The van der Waals surface area contributed by atoms with Crippen molar-refractivity contribution in [2.75, 3.05) is 4.90 Å². The SMILES string of the molecule is CC(C)N(C(=O)c1ccc(Cl)c(Cl)c1)c1nn(-c2ccc(-c3cc4ncccn4n3)cc2)cc1C(=O)O. The number of hydrogen-bond acceptors (Lipinski definition) is 5. The van der Waals surface area contributed by atoms with Crippen LogP contribution in [0.4, 0.5) is 5.82 Å². The second-order valence-corrected chi connectivity index (χ2v) is 9.33. The van der Waals surface area contributed by atoms with Gasteiger partial charge in [-0.1, -0.05) is 35.3 Å². The summed E-state index contributed by atoms with van der Waals surface area (Å²) in [6.07, 6.45) is 4.91. The van der Waals surface area contributed by atoms with Crippen LogP contribution in [0.25, 0.3) is 22.6 Å². The van der Waals surface area contributed by atoms with Crippen molar-refractivity contribution in [2.45, 2.75) is 19.9 Å². The lowest BCUT2D eigenvalue weighted by atomic mass is 10.1. The van der Waals surface area contributed by atoms with Crippen molar-refractivity contribution >= 4 is 46.5 Å². The number of anilines is 1. The minimum atomic E-state index is -1.21. The van der Waals surface area contributed by atoms with Crippen molar-refractivity contribution in [1.82, 2.24) is 24.4 Å². The number of carboxylic acid groups (broad SMARTS) is 1. The number of carboxylic acids is 1. The maximum absolute atomic E-state index is 13.4. The number of halogens is 2. The smallest absolute Gasteiger partial charge is 0.341 e. The topological polar surface area (TPSA) is 106 Å². The summed E-state index contributed by atoms with van der Waals surface area (Å²) >= 11 is 12.1. The molecule has 5 aromatic rings. The first-order valence-corrected chi connectivity index (χ1v) is 12.0. The predicted molar refractivity (Wildman–Crippen MR) is 141 cm³/mol. The van der Waals surface area contributed by atoms with Crippen molar-refractivity contribution in [3.8, 4) is 16.9 Å². The summed E-state index contributed by atoms with van der Waals surface area (Å²) in [6, 6.07) is 15.1. The molecule has 0 saturated carbocycles. The Bertz CT molecular complexity index is 1610. The van der Waals surface area contributed by atoms with Gasteiger partial charge in [-0.3, -0.25) is 9.69 Å². The molecule has 0 fully saturated rings. The molecule has 1 amide bonds. The van der Waals surface area contributed by atoms with E-state index in [0.29, 0.717) is 10.7 Å². The van der Waals surface area contributed by atoms with E-state index in [2.05, 4.69) is 15.2 Å². The Morgan fingerprint density at radius 2 is 1.76 bits per heavy atom. The van der Waals surface area contributed by atoms with E-state index in [4.69, 9.17) is 23.2 Å². The lowest BCUT2D eigenvalue weighted by molar-refractivity contribution is 0.0697. The Labute approximate surface area is 221 Å². The van der Waals surface area contributed by atoms with E-state index < -0.39 is 17.9 Å². The zero-order valence-electron chi connectivity index (χ0n) is 19.7. The van der Waals surface area contributed by atoms with Gasteiger partial charge in [-0.25, -0.2) is 19.0 Å². The molecule has 11 heteroatoms. The molecule has 0 aliphatic heterocycles. The Kier molecular flexibility index (Phi) is 6.41. The highest BCUT2D eigenvalue weighted by Crippen LogP contribution is 2.28. The monoisotopic (exact) mass is 534 g/mol. The highest BCUT2D eigenvalue weighted by atomic mass is 35.5. The van der Waals surface area contributed by atoms with Crippen LogP contribution in [0, 0.1) is 0 Å². The van der Waals surface area contributed by atoms with Gasteiger partial charge in [-0.05, 0) is 50.2 Å². The fourth-order valence-corrected chi connectivity index (χ4v) is 4.22. The van der Waals surface area contributed by atoms with Crippen molar-refractivity contribution in [3.63, 3.8) is 0 Å². The van der Waals surface area contributed by atoms with Crippen molar-refractivity contribution in [1.29, 1.82) is 0 Å². The summed E-state index contributed by atoms with van der Waals surface area (Å²) < 4.78 is 3.12. The number of carbonyl (C=O) groups excluding carboxylic acids is 1. The fourth-order valence-electron chi connectivity index (χ4n) is 3.93. The van der Waals surface area contributed by atoms with E-state index in [0.717, 1.165) is 16.9 Å². The van der Waals surface area contributed by atoms with E-state index in [-0.39, 0.29) is 22.0 Å². The van der Waals surface area contributed by atoms with Gasteiger partial charge in [0.1, 0.15) is 5.56 Å². The van der Waals surface area contributed by atoms with E-state index in [9.17, 15) is 14.7 Å². The molecular weight excluding hydrogens is 515 g/mol. The summed E-state index contributed by atoms with van der Waals surface area (Å²) in [7, 11) is 0. The second kappa shape index (κ2) is 9.68. The Morgan fingerprint density at radius 1 is 1.00 bits per heavy atom. The number of aromatic carboxylic acids is 1. The molecule has 0 atom stereocenters. The summed E-state index contributed by atoms with van der Waals surface area (Å²) in [5.41, 5.74) is 3.10. The van der Waals surface area contributed by atoms with Gasteiger partial charge in [-0.2, -0.15) is 5.10 Å². The minimum Gasteiger partial charge on any atom is -0.477 e. The Morgan fingerprint density at radius 3 is 2.41 bits per heavy atom. The first kappa shape index (κ1) is 24.5. The molecular formula is C26H20Cl2N6O3. The van der Waals surface area contributed by atoms with Crippen LogP contribution in [-0.2, 0) is 0 Å². The minimum absolute atomic E-state index is 0.0223. The van der Waals surface area contributed by atoms with Crippen LogP contribution < -0.4 is 4.90 Å². The van der Waals surface area contributed by atoms with Gasteiger partial charge in [0.2, 0.25) is 0 Å². The quantitative estimate of drug-likeness (QED) is 0.302. The lowest BCUT2D eigenvalue weighted by Gasteiger charge is -2.25. The van der Waals surface area contributed by atoms with Gasteiger partial charge < -0.3 is 5.11 Å². The fraction of sp³-hybridized carbons (Fsp3) is 0.115. The van der Waals surface area contributed by atoms with Crippen molar-refractivity contribution in [3.05, 3.63) is 94.4 Å². The summed E-state index contributed by atoms with van der Waals surface area (Å²) in [4.78, 5) is 31.2. The lowest BCUT2D eigenvalue weighted by Crippen LogP contribution is -2.38. The van der Waals surface area contributed by atoms with E-state index >= 15 is 0 Å². The van der Waals surface area contributed by atoms with Gasteiger partial charge >= 0.3 is 5.97 Å². The van der Waals surface area contributed by atoms with Crippen LogP contribution in [-0.4, -0.2) is 47.4 Å². The Balaban J connectivity index is 1.51. The van der Waals surface area contributed by atoms with Crippen LogP contribution in [0.2, 0.25) is 10.0 Å². The van der Waals surface area contributed by atoms with Gasteiger partial charge in [-0.15, -0.1) is 5.10 Å². The van der Waals surface area contributed by atoms with Gasteiger partial charge in [0.15, 0.2) is 11.5 Å². The number of amides is 1. The van der Waals surface area contributed by atoms with Crippen LogP contribution in [0.1, 0.15) is 34.6 Å². The molecule has 186 valence electrons. The maximum atomic E-state index is 13.4. The largest absolute Gasteiger partial charge is 0.477 e. The molecule has 0 saturated heterocycles. The molecule has 3 heterocycles. The first-order chi connectivity index (χ1) is 17.7. The molecule has 37 heavy (non-hydrogen) atoms. The number of nitrogens with zero attached hydrogens (tertiary/aromatic N) is 6. The molecule has 0 bridgehead atoms. The molecule has 1 N–H and O–H groups in total. The number of fused-ring (bicyclic) bond motifs is 1. The molecule has 0 aliphatic carbocycles. The molecule has 9 nitrogen and oxygen atoms in total. The molecule has 2 aromatic carbocycles. The summed E-state index contributed by atoms with van der Waals surface area (Å²) in [6.45, 7) is 3.55. The highest BCUT2D eigenvalue weighted by molar-refractivity contribution is 6.42. The van der Waals surface area contributed by atoms with Crippen LogP contribution in [0.5, 0.6) is 0 Å². The van der Waals surface area contributed by atoms with Gasteiger partial charge in [0.05, 0.1) is 21.4 Å². The van der Waals surface area contributed by atoms with Crippen LogP contribution in [0.15, 0.2) is 73.2 Å². The zero-order valence-corrected chi connectivity index (χ0v) is 21.2. The number of carbonyl (C=O) groups is 2. The van der Waals surface area contributed by atoms with Crippen molar-refractivity contribution < 1.29 is 14.7 Å². The van der Waals surface area contributed by atoms with Crippen LogP contribution >= 0.6 is 23.2 Å². The summed E-state index contributed by atoms with van der Waals surface area (Å²) in [5, 5.41) is 19.5. The molecule has 0 radical (unpaired) electrons. The molecule has 0 spiro atoms. The third-order valence-electron chi connectivity index (χ3n) is 5.72. The molecule has 0 unspecified atom stereocenters. The van der Waals surface area contributed by atoms with Crippen LogP contribution in [0.3, 0.4) is 0 Å². The normalized spacial score (nSPS) is 11.3. The number of aromatic nitrogens is 5. The van der Waals surface area contributed by atoms with Gasteiger partial charge in [0.25, 0.3) is 5.91 Å². The maximum Gasteiger partial charge on any atom is 0.341 e. The second-order valence-electron chi connectivity index (χ2n) is 8.51. The van der Waals surface area contributed by atoms with E-state index in [1.807, 2.05) is 24.4 Å². The van der Waals surface area contributed by atoms with Gasteiger partial charge in [0, 0.05) is 41.8 Å². The number of benzene rings is 2. The number of hydrogen-bond donors (Lipinski definition) is 1. The molecule has 5 rings (SSSR count). The zero-order chi connectivity index (χ0) is 26.3. The average Bonchev–Trinajstić information content (AvgIpc) is 3.51. The summed E-state index contributed by atoms with van der Waals surface area (Å²) in [5.74, 6) is -1.63. The molecule has 3 aromatic heterocycles. The third-order valence-corrected chi connectivity index (χ3v) is 6.46. The Hall–Kier alpha value is -4.21. The highest BCUT2D eigenvalue weighted by Gasteiger charge is 2.29. The van der Waals surface area contributed by atoms with E-state index in [1.54, 1.807) is 42.8 Å². The number of rotatable bonds is 6. The molecule has 0 aliphatic rings. The van der Waals surface area contributed by atoms with Crippen molar-refractivity contribution in [2.24, 2.45) is 0 Å². The average molecular weight is 535 g/mol. The predicted octanol–water partition coefficient (Wildman–Crippen LogP) is 5.64. The standard InChI is InChI=1S/C26H20Cl2N6O3/c1-15(2)34(25(35)17-6-9-20(27)21(28)12-17)24-19(26(36)37)14-33(31-24)18-7-4-16(5-8-18)22-13-23-29-10-3-11-32(23)30-22/h3-15H,1-2H3,(H,36,37).